The highest BCUT2D eigenvalue weighted by atomic mass is 16.5. The van der Waals surface area contributed by atoms with Gasteiger partial charge in [-0.1, -0.05) is 6.07 Å². The lowest BCUT2D eigenvalue weighted by molar-refractivity contribution is -0.138. The van der Waals surface area contributed by atoms with Crippen molar-refractivity contribution < 1.29 is 14.3 Å². The van der Waals surface area contributed by atoms with Crippen LogP contribution in [0.1, 0.15) is 37.3 Å². The van der Waals surface area contributed by atoms with E-state index in [0.29, 0.717) is 25.2 Å². The van der Waals surface area contributed by atoms with Crippen LogP contribution >= 0.6 is 0 Å². The molecule has 144 valence electrons. The van der Waals surface area contributed by atoms with Gasteiger partial charge in [0.25, 0.3) is 5.56 Å². The number of H-pyrrole nitrogens is 1. The molecule has 1 atom stereocenters. The molecule has 27 heavy (non-hydrogen) atoms. The number of aromatic amines is 1. The van der Waals surface area contributed by atoms with Crippen molar-refractivity contribution in [1.29, 1.82) is 0 Å². The average Bonchev–Trinajstić information content (AvgIpc) is 3.21. The number of nitrogens with one attached hydrogen (secondary N) is 1. The Morgan fingerprint density at radius 1 is 1.33 bits per heavy atom. The molecule has 7 heteroatoms. The van der Waals surface area contributed by atoms with E-state index in [1.807, 2.05) is 23.1 Å². The third-order valence-electron chi connectivity index (χ3n) is 5.46. The molecule has 0 bridgehead atoms. The number of piperidine rings is 1. The van der Waals surface area contributed by atoms with Crippen LogP contribution in [-0.4, -0.2) is 59.8 Å². The van der Waals surface area contributed by atoms with Crippen LogP contribution in [0.5, 0.6) is 0 Å². The number of nitrogens with zero attached hydrogens (tertiary/aromatic N) is 2. The number of carbonyl (C=O) groups is 1. The van der Waals surface area contributed by atoms with Crippen molar-refractivity contribution in [2.45, 2.75) is 37.7 Å². The summed E-state index contributed by atoms with van der Waals surface area (Å²) in [5.41, 5.74) is 1.25. The molecule has 4 rings (SSSR count). The van der Waals surface area contributed by atoms with Gasteiger partial charge in [0.2, 0.25) is 5.91 Å². The van der Waals surface area contributed by atoms with Gasteiger partial charge >= 0.3 is 0 Å². The number of hydrogen-bond acceptors (Lipinski definition) is 5. The Morgan fingerprint density at radius 2 is 2.19 bits per heavy atom. The summed E-state index contributed by atoms with van der Waals surface area (Å²) in [6, 6.07) is 5.76. The summed E-state index contributed by atoms with van der Waals surface area (Å²) < 4.78 is 11.0. The van der Waals surface area contributed by atoms with Gasteiger partial charge < -0.3 is 19.4 Å². The Kier molecular flexibility index (Phi) is 5.50. The van der Waals surface area contributed by atoms with E-state index in [1.165, 1.54) is 0 Å². The summed E-state index contributed by atoms with van der Waals surface area (Å²) in [6.45, 7) is 2.76. The average molecular weight is 371 g/mol. The SMILES string of the molecule is O=C(COC[C@H]1CCCO1)N1CCC(c2cc3cccnc3c(=O)[nH]2)CC1. The fraction of sp³-hybridized carbons (Fsp3) is 0.550. The minimum absolute atomic E-state index is 0.0302. The second-order valence-electron chi connectivity index (χ2n) is 7.30. The Morgan fingerprint density at radius 3 is 2.96 bits per heavy atom. The standard InChI is InChI=1S/C20H25N3O4/c24-18(13-26-12-16-4-2-10-27-16)23-8-5-14(6-9-23)17-11-15-3-1-7-21-19(15)20(25)22-17/h1,3,7,11,14,16H,2,4-6,8-10,12-13H2,(H,22,25)/t16-/m1/s1. The molecule has 0 unspecified atom stereocenters. The highest BCUT2D eigenvalue weighted by Gasteiger charge is 2.25. The monoisotopic (exact) mass is 371 g/mol. The number of hydrogen-bond donors (Lipinski definition) is 1. The quantitative estimate of drug-likeness (QED) is 0.867. The first kappa shape index (κ1) is 18.1. The Labute approximate surface area is 157 Å². The van der Waals surface area contributed by atoms with Gasteiger partial charge in [0.05, 0.1) is 12.7 Å². The first-order valence-electron chi connectivity index (χ1n) is 9.66. The van der Waals surface area contributed by atoms with E-state index in [9.17, 15) is 9.59 Å². The predicted molar refractivity (Wildman–Crippen MR) is 101 cm³/mol. The van der Waals surface area contributed by atoms with Gasteiger partial charge in [-0.2, -0.15) is 0 Å². The third-order valence-corrected chi connectivity index (χ3v) is 5.46. The molecule has 0 radical (unpaired) electrons. The molecule has 2 aromatic rings. The second kappa shape index (κ2) is 8.19. The van der Waals surface area contributed by atoms with Crippen LogP contribution in [-0.2, 0) is 14.3 Å². The zero-order valence-corrected chi connectivity index (χ0v) is 15.4. The topological polar surface area (TPSA) is 84.5 Å². The molecule has 7 nitrogen and oxygen atoms in total. The van der Waals surface area contributed by atoms with Gasteiger partial charge in [-0.25, -0.2) is 0 Å². The van der Waals surface area contributed by atoms with Crippen LogP contribution in [0.2, 0.25) is 0 Å². The molecule has 2 aromatic heterocycles. The van der Waals surface area contributed by atoms with Gasteiger partial charge in [-0.05, 0) is 37.8 Å². The number of aromatic nitrogens is 2. The van der Waals surface area contributed by atoms with E-state index in [4.69, 9.17) is 9.47 Å². The maximum absolute atomic E-state index is 12.3. The van der Waals surface area contributed by atoms with Crippen LogP contribution < -0.4 is 5.56 Å². The highest BCUT2D eigenvalue weighted by Crippen LogP contribution is 2.27. The third kappa shape index (κ3) is 4.20. The van der Waals surface area contributed by atoms with Crippen molar-refractivity contribution >= 4 is 16.8 Å². The van der Waals surface area contributed by atoms with Gasteiger partial charge in [-0.3, -0.25) is 14.6 Å². The minimum atomic E-state index is -0.149. The lowest BCUT2D eigenvalue weighted by Gasteiger charge is -2.32. The number of ether oxygens (including phenoxy) is 2. The predicted octanol–water partition coefficient (Wildman–Crippen LogP) is 1.82. The lowest BCUT2D eigenvalue weighted by Crippen LogP contribution is -2.40. The first-order valence-corrected chi connectivity index (χ1v) is 9.66. The molecular formula is C20H25N3O4. The molecular weight excluding hydrogens is 346 g/mol. The van der Waals surface area contributed by atoms with Crippen LogP contribution in [0.25, 0.3) is 10.9 Å². The van der Waals surface area contributed by atoms with Gasteiger partial charge in [0.15, 0.2) is 0 Å². The lowest BCUT2D eigenvalue weighted by atomic mass is 9.92. The Balaban J connectivity index is 1.30. The number of carbonyl (C=O) groups excluding carboxylic acids is 1. The molecule has 4 heterocycles. The molecule has 2 aliphatic rings. The number of pyridine rings is 2. The fourth-order valence-electron chi connectivity index (χ4n) is 3.92. The minimum Gasteiger partial charge on any atom is -0.376 e. The summed E-state index contributed by atoms with van der Waals surface area (Å²) >= 11 is 0. The second-order valence-corrected chi connectivity index (χ2v) is 7.30. The molecule has 0 aliphatic carbocycles. The van der Waals surface area contributed by atoms with E-state index >= 15 is 0 Å². The maximum atomic E-state index is 12.3. The van der Waals surface area contributed by atoms with Crippen LogP contribution in [0.15, 0.2) is 29.2 Å². The molecule has 1 N–H and O–H groups in total. The van der Waals surface area contributed by atoms with E-state index in [-0.39, 0.29) is 30.1 Å². The fourth-order valence-corrected chi connectivity index (χ4v) is 3.92. The number of fused-ring (bicyclic) bond motifs is 1. The first-order chi connectivity index (χ1) is 13.2. The number of rotatable bonds is 5. The van der Waals surface area contributed by atoms with E-state index in [0.717, 1.165) is 43.4 Å². The molecule has 1 amide bonds. The summed E-state index contributed by atoms with van der Waals surface area (Å²) in [4.78, 5) is 33.5. The molecule has 0 spiro atoms. The van der Waals surface area contributed by atoms with Crippen molar-refractivity contribution in [2.75, 3.05) is 32.9 Å². The van der Waals surface area contributed by atoms with Crippen LogP contribution in [0, 0.1) is 0 Å². The molecule has 0 aromatic carbocycles. The largest absolute Gasteiger partial charge is 0.376 e. The Bertz CT molecular complexity index is 852. The molecule has 2 fully saturated rings. The van der Waals surface area contributed by atoms with Crippen molar-refractivity contribution in [3.05, 3.63) is 40.4 Å². The number of likely N-dealkylation sites (tertiary alicyclic amines) is 1. The van der Waals surface area contributed by atoms with Crippen molar-refractivity contribution in [1.82, 2.24) is 14.9 Å². The summed E-state index contributed by atoms with van der Waals surface area (Å²) in [5, 5.41) is 0.859. The summed E-state index contributed by atoms with van der Waals surface area (Å²) in [7, 11) is 0. The molecule has 2 saturated heterocycles. The highest BCUT2D eigenvalue weighted by molar-refractivity contribution is 5.78. The molecule has 2 aliphatic heterocycles. The van der Waals surface area contributed by atoms with Gasteiger partial charge in [0, 0.05) is 42.9 Å². The smallest absolute Gasteiger partial charge is 0.274 e. The Hall–Kier alpha value is -2.25. The van der Waals surface area contributed by atoms with E-state index in [2.05, 4.69) is 9.97 Å². The summed E-state index contributed by atoms with van der Waals surface area (Å²) in [6.07, 6.45) is 5.52. The van der Waals surface area contributed by atoms with Crippen molar-refractivity contribution in [3.8, 4) is 0 Å². The van der Waals surface area contributed by atoms with E-state index < -0.39 is 0 Å². The van der Waals surface area contributed by atoms with Crippen LogP contribution in [0.4, 0.5) is 0 Å². The molecule has 0 saturated carbocycles. The van der Waals surface area contributed by atoms with E-state index in [1.54, 1.807) is 6.20 Å². The van der Waals surface area contributed by atoms with Crippen molar-refractivity contribution in [3.63, 3.8) is 0 Å². The van der Waals surface area contributed by atoms with Crippen molar-refractivity contribution in [2.24, 2.45) is 0 Å². The van der Waals surface area contributed by atoms with Gasteiger partial charge in [-0.15, -0.1) is 0 Å². The zero-order chi connectivity index (χ0) is 18.6. The zero-order valence-electron chi connectivity index (χ0n) is 15.4. The normalized spacial score (nSPS) is 21.0. The van der Waals surface area contributed by atoms with Gasteiger partial charge in [0.1, 0.15) is 12.1 Å². The van der Waals surface area contributed by atoms with Crippen LogP contribution in [0.3, 0.4) is 0 Å². The number of amides is 1. The maximum Gasteiger partial charge on any atom is 0.274 e. The summed E-state index contributed by atoms with van der Waals surface area (Å²) in [5.74, 6) is 0.279.